The summed E-state index contributed by atoms with van der Waals surface area (Å²) in [6.45, 7) is 4.06. The number of hydrogen-bond acceptors (Lipinski definition) is 3. The van der Waals surface area contributed by atoms with Crippen LogP contribution in [-0.4, -0.2) is 11.5 Å². The van der Waals surface area contributed by atoms with Gasteiger partial charge in [-0.25, -0.2) is 4.39 Å². The topological polar surface area (TPSA) is 34.1 Å². The van der Waals surface area contributed by atoms with Crippen molar-refractivity contribution in [3.05, 3.63) is 58.1 Å². The van der Waals surface area contributed by atoms with E-state index in [-0.39, 0.29) is 18.2 Å². The van der Waals surface area contributed by atoms with Gasteiger partial charge in [0.25, 0.3) is 0 Å². The molecule has 112 valence electrons. The van der Waals surface area contributed by atoms with E-state index < -0.39 is 0 Å². The zero-order chi connectivity index (χ0) is 15.1. The van der Waals surface area contributed by atoms with Gasteiger partial charge in [0.1, 0.15) is 6.61 Å². The lowest BCUT2D eigenvalue weighted by Crippen LogP contribution is -2.15. The SMILES string of the molecule is CCCNCc1cccc(COc2cc(Br)ccc2F)n1. The van der Waals surface area contributed by atoms with Crippen molar-refractivity contribution in [1.29, 1.82) is 0 Å². The Labute approximate surface area is 132 Å². The van der Waals surface area contributed by atoms with Crippen molar-refractivity contribution in [2.75, 3.05) is 6.54 Å². The molecule has 0 aliphatic rings. The molecule has 0 unspecified atom stereocenters. The summed E-state index contributed by atoms with van der Waals surface area (Å²) in [5.74, 6) is -0.153. The standard InChI is InChI=1S/C16H18BrFN2O/c1-2-8-19-10-13-4-3-5-14(20-13)11-21-16-9-12(17)6-7-15(16)18/h3-7,9,19H,2,8,10-11H2,1H3. The molecule has 0 fully saturated rings. The first-order valence-corrected chi connectivity index (χ1v) is 7.71. The summed E-state index contributed by atoms with van der Waals surface area (Å²) < 4.78 is 19.9. The molecule has 0 saturated carbocycles. The van der Waals surface area contributed by atoms with E-state index in [2.05, 4.69) is 33.2 Å². The van der Waals surface area contributed by atoms with Gasteiger partial charge in [0, 0.05) is 11.0 Å². The number of nitrogens with one attached hydrogen (secondary N) is 1. The highest BCUT2D eigenvalue weighted by Gasteiger charge is 2.05. The first-order valence-electron chi connectivity index (χ1n) is 6.92. The number of pyridine rings is 1. The minimum Gasteiger partial charge on any atom is -0.484 e. The summed E-state index contributed by atoms with van der Waals surface area (Å²) in [4.78, 5) is 4.49. The molecule has 3 nitrogen and oxygen atoms in total. The summed E-state index contributed by atoms with van der Waals surface area (Å²) >= 11 is 3.30. The minimum absolute atomic E-state index is 0.223. The van der Waals surface area contributed by atoms with Crippen molar-refractivity contribution >= 4 is 15.9 Å². The van der Waals surface area contributed by atoms with E-state index in [4.69, 9.17) is 4.74 Å². The summed E-state index contributed by atoms with van der Waals surface area (Å²) in [6.07, 6.45) is 1.09. The van der Waals surface area contributed by atoms with E-state index in [1.165, 1.54) is 6.07 Å². The van der Waals surface area contributed by atoms with Crippen LogP contribution in [0, 0.1) is 5.82 Å². The van der Waals surface area contributed by atoms with Crippen LogP contribution in [-0.2, 0) is 13.2 Å². The zero-order valence-electron chi connectivity index (χ0n) is 11.9. The molecule has 0 bridgehead atoms. The van der Waals surface area contributed by atoms with Gasteiger partial charge in [-0.3, -0.25) is 4.98 Å². The number of hydrogen-bond donors (Lipinski definition) is 1. The predicted octanol–water partition coefficient (Wildman–Crippen LogP) is 4.06. The van der Waals surface area contributed by atoms with Crippen LogP contribution >= 0.6 is 15.9 Å². The Morgan fingerprint density at radius 2 is 2.05 bits per heavy atom. The second kappa shape index (κ2) is 8.10. The Bertz CT molecular complexity index is 592. The van der Waals surface area contributed by atoms with Crippen LogP contribution in [0.3, 0.4) is 0 Å². The van der Waals surface area contributed by atoms with E-state index in [1.54, 1.807) is 12.1 Å². The molecule has 5 heteroatoms. The summed E-state index contributed by atoms with van der Waals surface area (Å²) in [5, 5.41) is 3.30. The molecule has 0 radical (unpaired) electrons. The third-order valence-electron chi connectivity index (χ3n) is 2.87. The Hall–Kier alpha value is -1.46. The lowest BCUT2D eigenvalue weighted by molar-refractivity contribution is 0.285. The van der Waals surface area contributed by atoms with Gasteiger partial charge in [0.05, 0.1) is 11.4 Å². The van der Waals surface area contributed by atoms with Crippen LogP contribution in [0.5, 0.6) is 5.75 Å². The molecule has 0 atom stereocenters. The van der Waals surface area contributed by atoms with Crippen molar-refractivity contribution in [3.63, 3.8) is 0 Å². The molecular weight excluding hydrogens is 335 g/mol. The Kier molecular flexibility index (Phi) is 6.14. The second-order valence-electron chi connectivity index (χ2n) is 4.66. The Morgan fingerprint density at radius 1 is 1.24 bits per heavy atom. The van der Waals surface area contributed by atoms with Crippen LogP contribution in [0.1, 0.15) is 24.7 Å². The van der Waals surface area contributed by atoms with E-state index >= 15 is 0 Å². The van der Waals surface area contributed by atoms with Crippen LogP contribution < -0.4 is 10.1 Å². The average Bonchev–Trinajstić information content (AvgIpc) is 2.49. The molecule has 0 aliphatic carbocycles. The maximum Gasteiger partial charge on any atom is 0.165 e. The van der Waals surface area contributed by atoms with Crippen molar-refractivity contribution in [3.8, 4) is 5.75 Å². The van der Waals surface area contributed by atoms with Gasteiger partial charge in [0.15, 0.2) is 11.6 Å². The molecule has 1 heterocycles. The van der Waals surface area contributed by atoms with E-state index in [9.17, 15) is 4.39 Å². The number of nitrogens with zero attached hydrogens (tertiary/aromatic N) is 1. The van der Waals surface area contributed by atoms with E-state index in [0.29, 0.717) is 0 Å². The largest absolute Gasteiger partial charge is 0.484 e. The number of ether oxygens (including phenoxy) is 1. The maximum absolute atomic E-state index is 13.6. The first kappa shape index (κ1) is 15.9. The molecule has 21 heavy (non-hydrogen) atoms. The summed E-state index contributed by atoms with van der Waals surface area (Å²) in [6, 6.07) is 10.4. The molecule has 0 amide bonds. The highest BCUT2D eigenvalue weighted by atomic mass is 79.9. The monoisotopic (exact) mass is 352 g/mol. The normalized spacial score (nSPS) is 10.6. The third kappa shape index (κ3) is 5.10. The third-order valence-corrected chi connectivity index (χ3v) is 3.36. The minimum atomic E-state index is -0.376. The van der Waals surface area contributed by atoms with Crippen LogP contribution in [0.4, 0.5) is 4.39 Å². The molecule has 0 saturated heterocycles. The van der Waals surface area contributed by atoms with Gasteiger partial charge in [-0.2, -0.15) is 0 Å². The van der Waals surface area contributed by atoms with Crippen molar-refractivity contribution in [1.82, 2.24) is 10.3 Å². The summed E-state index contributed by atoms with van der Waals surface area (Å²) in [7, 11) is 0. The fourth-order valence-corrected chi connectivity index (χ4v) is 2.18. The quantitative estimate of drug-likeness (QED) is 0.763. The Morgan fingerprint density at radius 3 is 2.86 bits per heavy atom. The highest BCUT2D eigenvalue weighted by molar-refractivity contribution is 9.10. The lowest BCUT2D eigenvalue weighted by atomic mass is 10.3. The highest BCUT2D eigenvalue weighted by Crippen LogP contribution is 2.22. The predicted molar refractivity (Wildman–Crippen MR) is 84.7 cm³/mol. The van der Waals surface area contributed by atoms with Crippen molar-refractivity contribution < 1.29 is 9.13 Å². The molecular formula is C16H18BrFN2O. The number of aromatic nitrogens is 1. The fourth-order valence-electron chi connectivity index (χ4n) is 1.84. The molecule has 2 rings (SSSR count). The van der Waals surface area contributed by atoms with Gasteiger partial charge in [-0.1, -0.05) is 28.9 Å². The first-order chi connectivity index (χ1) is 10.2. The molecule has 1 aromatic carbocycles. The molecule has 0 aliphatic heterocycles. The lowest BCUT2D eigenvalue weighted by Gasteiger charge is -2.09. The van der Waals surface area contributed by atoms with Crippen LogP contribution in [0.2, 0.25) is 0 Å². The van der Waals surface area contributed by atoms with Gasteiger partial charge in [0.2, 0.25) is 0 Å². The second-order valence-corrected chi connectivity index (χ2v) is 5.58. The van der Waals surface area contributed by atoms with E-state index in [0.717, 1.165) is 35.4 Å². The van der Waals surface area contributed by atoms with Crippen LogP contribution in [0.15, 0.2) is 40.9 Å². The number of halogens is 2. The fraction of sp³-hybridized carbons (Fsp3) is 0.312. The average molecular weight is 353 g/mol. The molecule has 1 aromatic heterocycles. The molecule has 2 aromatic rings. The van der Waals surface area contributed by atoms with Gasteiger partial charge >= 0.3 is 0 Å². The van der Waals surface area contributed by atoms with E-state index in [1.807, 2.05) is 18.2 Å². The number of benzene rings is 1. The van der Waals surface area contributed by atoms with Crippen molar-refractivity contribution in [2.45, 2.75) is 26.5 Å². The summed E-state index contributed by atoms with van der Waals surface area (Å²) in [5.41, 5.74) is 1.74. The van der Waals surface area contributed by atoms with Crippen molar-refractivity contribution in [2.24, 2.45) is 0 Å². The zero-order valence-corrected chi connectivity index (χ0v) is 13.5. The number of rotatable bonds is 7. The van der Waals surface area contributed by atoms with Crippen LogP contribution in [0.25, 0.3) is 0 Å². The smallest absolute Gasteiger partial charge is 0.165 e. The molecule has 0 spiro atoms. The molecule has 1 N–H and O–H groups in total. The maximum atomic E-state index is 13.6. The van der Waals surface area contributed by atoms with Gasteiger partial charge < -0.3 is 10.1 Å². The van der Waals surface area contributed by atoms with Gasteiger partial charge in [-0.05, 0) is 43.3 Å². The van der Waals surface area contributed by atoms with Gasteiger partial charge in [-0.15, -0.1) is 0 Å². The Balaban J connectivity index is 1.96.